The summed E-state index contributed by atoms with van der Waals surface area (Å²) in [5.41, 5.74) is 5.84. The maximum Gasteiger partial charge on any atom is 0.350 e. The topological polar surface area (TPSA) is 168 Å². The lowest BCUT2D eigenvalue weighted by Crippen LogP contribution is -2.18. The molecule has 0 amide bonds. The molecule has 0 saturated heterocycles. The van der Waals surface area contributed by atoms with E-state index in [1.165, 1.54) is 25.6 Å². The van der Waals surface area contributed by atoms with Gasteiger partial charge in [-0.05, 0) is 36.4 Å². The van der Waals surface area contributed by atoms with E-state index in [0.717, 1.165) is 10.7 Å². The fraction of sp³-hybridized carbons (Fsp3) is 0.0952. The van der Waals surface area contributed by atoms with Crippen LogP contribution in [0, 0.1) is 11.2 Å². The van der Waals surface area contributed by atoms with E-state index in [4.69, 9.17) is 15.9 Å². The lowest BCUT2D eigenvalue weighted by atomic mass is 10.0. The lowest BCUT2D eigenvalue weighted by molar-refractivity contribution is 0.393. The quantitative estimate of drug-likeness (QED) is 0.209. The first-order valence-corrected chi connectivity index (χ1v) is 9.61. The number of halogens is 1. The standard InChI is InChI=1S/C21H19FN8O3/c1-33-13-9-14(16(22)15(31)10-13)17(27-12-5-3-11(4-6-12)18(23)24)19-28-21(32)30(29-19)20-25-7-2-8-26-20/h2-10,17,27,31H,1H3,(H3,23,24)(H,28,29,32). The van der Waals surface area contributed by atoms with Crippen molar-refractivity contribution in [2.24, 2.45) is 5.73 Å². The Morgan fingerprint density at radius 2 is 1.97 bits per heavy atom. The smallest absolute Gasteiger partial charge is 0.350 e. The molecular formula is C21H19FN8O3. The van der Waals surface area contributed by atoms with Gasteiger partial charge < -0.3 is 20.9 Å². The van der Waals surface area contributed by atoms with Crippen LogP contribution in [0.3, 0.4) is 0 Å². The molecule has 12 heteroatoms. The number of methoxy groups -OCH3 is 1. The average Bonchev–Trinajstić information content (AvgIpc) is 3.21. The van der Waals surface area contributed by atoms with Crippen LogP contribution in [0.5, 0.6) is 11.5 Å². The molecule has 0 aliphatic rings. The molecule has 0 radical (unpaired) electrons. The highest BCUT2D eigenvalue weighted by Crippen LogP contribution is 2.34. The molecule has 4 aromatic rings. The number of nitrogens with two attached hydrogens (primary N) is 1. The normalized spacial score (nSPS) is 11.7. The Hall–Kier alpha value is -4.74. The molecule has 1 atom stereocenters. The fourth-order valence-corrected chi connectivity index (χ4v) is 3.14. The second-order valence-corrected chi connectivity index (χ2v) is 6.89. The van der Waals surface area contributed by atoms with E-state index in [0.29, 0.717) is 11.3 Å². The van der Waals surface area contributed by atoms with Crippen LogP contribution in [0.25, 0.3) is 5.95 Å². The number of H-pyrrole nitrogens is 1. The summed E-state index contributed by atoms with van der Waals surface area (Å²) in [4.78, 5) is 23.2. The predicted octanol–water partition coefficient (Wildman–Crippen LogP) is 1.69. The summed E-state index contributed by atoms with van der Waals surface area (Å²) >= 11 is 0. The molecule has 0 bridgehead atoms. The highest BCUT2D eigenvalue weighted by atomic mass is 19.1. The van der Waals surface area contributed by atoms with Gasteiger partial charge in [-0.25, -0.2) is 19.2 Å². The van der Waals surface area contributed by atoms with Gasteiger partial charge in [0.15, 0.2) is 17.4 Å². The van der Waals surface area contributed by atoms with Crippen LogP contribution in [-0.4, -0.2) is 42.8 Å². The molecule has 1 unspecified atom stereocenters. The summed E-state index contributed by atoms with van der Waals surface area (Å²) in [7, 11) is 1.38. The van der Waals surface area contributed by atoms with Gasteiger partial charge in [0.05, 0.1) is 7.11 Å². The summed E-state index contributed by atoms with van der Waals surface area (Å²) in [6.07, 6.45) is 2.91. The molecule has 6 N–H and O–H groups in total. The number of hydrogen-bond acceptors (Lipinski definition) is 8. The monoisotopic (exact) mass is 450 g/mol. The minimum atomic E-state index is -1.05. The van der Waals surface area contributed by atoms with Crippen molar-refractivity contribution in [3.63, 3.8) is 0 Å². The van der Waals surface area contributed by atoms with Gasteiger partial charge in [-0.1, -0.05) is 0 Å². The van der Waals surface area contributed by atoms with Gasteiger partial charge in [0.2, 0.25) is 0 Å². The van der Waals surface area contributed by atoms with Crippen LogP contribution in [0.4, 0.5) is 10.1 Å². The van der Waals surface area contributed by atoms with Crippen molar-refractivity contribution < 1.29 is 14.2 Å². The molecule has 4 rings (SSSR count). The van der Waals surface area contributed by atoms with E-state index in [2.05, 4.69) is 25.4 Å². The van der Waals surface area contributed by atoms with Crippen LogP contribution < -0.4 is 21.5 Å². The second kappa shape index (κ2) is 8.78. The molecule has 11 nitrogen and oxygen atoms in total. The van der Waals surface area contributed by atoms with Gasteiger partial charge in [0.1, 0.15) is 17.6 Å². The largest absolute Gasteiger partial charge is 0.505 e. The average molecular weight is 450 g/mol. The summed E-state index contributed by atoms with van der Waals surface area (Å²) in [6, 6.07) is 9.55. The number of rotatable bonds is 7. The van der Waals surface area contributed by atoms with Crippen molar-refractivity contribution >= 4 is 11.5 Å². The number of anilines is 1. The summed E-state index contributed by atoms with van der Waals surface area (Å²) in [5, 5.41) is 24.9. The number of aromatic hydroxyl groups is 1. The zero-order valence-electron chi connectivity index (χ0n) is 17.3. The second-order valence-electron chi connectivity index (χ2n) is 6.89. The van der Waals surface area contributed by atoms with Gasteiger partial charge in [0, 0.05) is 35.3 Å². The number of amidine groups is 1. The zero-order valence-corrected chi connectivity index (χ0v) is 17.3. The van der Waals surface area contributed by atoms with Gasteiger partial charge in [-0.3, -0.25) is 10.4 Å². The Balaban J connectivity index is 1.83. The van der Waals surface area contributed by atoms with E-state index in [1.807, 2.05) is 0 Å². The van der Waals surface area contributed by atoms with Crippen LogP contribution in [-0.2, 0) is 0 Å². The van der Waals surface area contributed by atoms with E-state index >= 15 is 4.39 Å². The number of aromatic nitrogens is 5. The van der Waals surface area contributed by atoms with Crippen molar-refractivity contribution in [1.82, 2.24) is 24.7 Å². The molecule has 0 aliphatic carbocycles. The van der Waals surface area contributed by atoms with Crippen LogP contribution in [0.15, 0.2) is 59.7 Å². The number of hydrogen-bond donors (Lipinski definition) is 5. The molecule has 0 spiro atoms. The summed E-state index contributed by atoms with van der Waals surface area (Å²) in [5.74, 6) is -1.38. The third-order valence-corrected chi connectivity index (χ3v) is 4.76. The minimum absolute atomic E-state index is 0.0302. The Morgan fingerprint density at radius 1 is 1.27 bits per heavy atom. The number of phenolic OH excluding ortho intramolecular Hbond substituents is 1. The Labute approximate surface area is 186 Å². The fourth-order valence-electron chi connectivity index (χ4n) is 3.14. The van der Waals surface area contributed by atoms with Crippen LogP contribution in [0.1, 0.15) is 23.0 Å². The molecule has 0 saturated carbocycles. The number of nitrogens with one attached hydrogen (secondary N) is 3. The Morgan fingerprint density at radius 3 is 2.61 bits per heavy atom. The molecule has 2 aromatic carbocycles. The lowest BCUT2D eigenvalue weighted by Gasteiger charge is -2.20. The SMILES string of the molecule is COc1cc(O)c(F)c(C(Nc2ccc(C(=N)N)cc2)c2nn(-c3ncccn3)c(=O)[nH]2)c1. The van der Waals surface area contributed by atoms with Gasteiger partial charge >= 0.3 is 5.69 Å². The molecular weight excluding hydrogens is 431 g/mol. The summed E-state index contributed by atoms with van der Waals surface area (Å²) in [6.45, 7) is 0. The molecule has 168 valence electrons. The van der Waals surface area contributed by atoms with Crippen molar-refractivity contribution in [1.29, 1.82) is 5.41 Å². The number of phenols is 1. The number of nitrogens with zero attached hydrogens (tertiary/aromatic N) is 4. The molecule has 0 fully saturated rings. The van der Waals surface area contributed by atoms with Crippen LogP contribution in [0.2, 0.25) is 0 Å². The first kappa shape index (κ1) is 21.5. The van der Waals surface area contributed by atoms with Gasteiger partial charge in [-0.15, -0.1) is 9.78 Å². The predicted molar refractivity (Wildman–Crippen MR) is 117 cm³/mol. The third kappa shape index (κ3) is 4.35. The number of nitrogen functional groups attached to an aromatic ring is 1. The number of ether oxygens (including phenoxy) is 1. The van der Waals surface area contributed by atoms with Crippen molar-refractivity contribution in [2.45, 2.75) is 6.04 Å². The number of aromatic amines is 1. The van der Waals surface area contributed by atoms with Crippen LogP contribution >= 0.6 is 0 Å². The first-order chi connectivity index (χ1) is 15.9. The highest BCUT2D eigenvalue weighted by molar-refractivity contribution is 5.95. The van der Waals surface area contributed by atoms with Gasteiger partial charge in [-0.2, -0.15) is 0 Å². The first-order valence-electron chi connectivity index (χ1n) is 9.61. The molecule has 33 heavy (non-hydrogen) atoms. The zero-order chi connectivity index (χ0) is 23.5. The number of benzene rings is 2. The van der Waals surface area contributed by atoms with E-state index in [-0.39, 0.29) is 28.9 Å². The maximum absolute atomic E-state index is 15.0. The van der Waals surface area contributed by atoms with Gasteiger partial charge in [0.25, 0.3) is 5.95 Å². The van der Waals surface area contributed by atoms with Crippen molar-refractivity contribution in [2.75, 3.05) is 12.4 Å². The summed E-state index contributed by atoms with van der Waals surface area (Å²) < 4.78 is 21.1. The maximum atomic E-state index is 15.0. The van der Waals surface area contributed by atoms with Crippen molar-refractivity contribution in [3.05, 3.63) is 88.1 Å². The molecule has 2 heterocycles. The molecule has 0 aliphatic heterocycles. The molecule has 2 aromatic heterocycles. The Kier molecular flexibility index (Phi) is 5.72. The highest BCUT2D eigenvalue weighted by Gasteiger charge is 2.26. The third-order valence-electron chi connectivity index (χ3n) is 4.76. The minimum Gasteiger partial charge on any atom is -0.505 e. The van der Waals surface area contributed by atoms with E-state index in [1.54, 1.807) is 30.3 Å². The van der Waals surface area contributed by atoms with E-state index < -0.39 is 23.3 Å². The van der Waals surface area contributed by atoms with Crippen molar-refractivity contribution in [3.8, 4) is 17.4 Å². The Bertz CT molecular complexity index is 1350. The van der Waals surface area contributed by atoms with E-state index in [9.17, 15) is 9.90 Å².